The first-order chi connectivity index (χ1) is 7.90. The molecule has 3 nitrogen and oxygen atoms in total. The maximum Gasteiger partial charge on any atom is 0.122 e. The molecule has 1 saturated heterocycles. The predicted octanol–water partition coefficient (Wildman–Crippen LogP) is 1.60. The zero-order valence-corrected chi connectivity index (χ0v) is 9.52. The van der Waals surface area contributed by atoms with Crippen molar-refractivity contribution in [3.05, 3.63) is 29.8 Å². The summed E-state index contributed by atoms with van der Waals surface area (Å²) in [6, 6.07) is 8.12. The van der Waals surface area contributed by atoms with Crippen LogP contribution in [0.4, 0.5) is 0 Å². The molecule has 16 heavy (non-hydrogen) atoms. The highest BCUT2D eigenvalue weighted by atomic mass is 16.5. The molecule has 1 atom stereocenters. The normalized spacial score (nSPS) is 19.9. The Morgan fingerprint density at radius 2 is 2.25 bits per heavy atom. The van der Waals surface area contributed by atoms with Gasteiger partial charge in [-0.2, -0.15) is 0 Å². The fourth-order valence-electron chi connectivity index (χ4n) is 1.93. The molecular weight excluding hydrogens is 202 g/mol. The van der Waals surface area contributed by atoms with Crippen molar-refractivity contribution < 1.29 is 9.47 Å². The quantitative estimate of drug-likeness (QED) is 0.821. The van der Waals surface area contributed by atoms with Gasteiger partial charge in [0.05, 0.1) is 13.2 Å². The van der Waals surface area contributed by atoms with Gasteiger partial charge >= 0.3 is 0 Å². The molecule has 1 aromatic carbocycles. The van der Waals surface area contributed by atoms with Crippen molar-refractivity contribution in [2.45, 2.75) is 12.8 Å². The Balaban J connectivity index is 1.91. The molecule has 0 spiro atoms. The van der Waals surface area contributed by atoms with Crippen molar-refractivity contribution in [2.24, 2.45) is 11.7 Å². The summed E-state index contributed by atoms with van der Waals surface area (Å²) in [6.07, 6.45) is 1.98. The highest BCUT2D eigenvalue weighted by Crippen LogP contribution is 2.20. The number of benzene rings is 1. The Labute approximate surface area is 96.5 Å². The molecule has 1 unspecified atom stereocenters. The summed E-state index contributed by atoms with van der Waals surface area (Å²) in [4.78, 5) is 0. The maximum absolute atomic E-state index is 5.84. The lowest BCUT2D eigenvalue weighted by molar-refractivity contribution is 0.167. The number of hydrogen-bond donors (Lipinski definition) is 1. The van der Waals surface area contributed by atoms with E-state index in [0.717, 1.165) is 38.4 Å². The summed E-state index contributed by atoms with van der Waals surface area (Å²) in [6.45, 7) is 3.12. The molecule has 1 aliphatic heterocycles. The van der Waals surface area contributed by atoms with E-state index in [2.05, 4.69) is 6.07 Å². The molecule has 1 aliphatic rings. The Bertz CT molecular complexity index is 321. The topological polar surface area (TPSA) is 44.5 Å². The van der Waals surface area contributed by atoms with Crippen molar-refractivity contribution >= 4 is 0 Å². The van der Waals surface area contributed by atoms with E-state index in [1.165, 1.54) is 5.56 Å². The number of rotatable bonds is 5. The Hall–Kier alpha value is -1.06. The van der Waals surface area contributed by atoms with Gasteiger partial charge in [-0.3, -0.25) is 0 Å². The summed E-state index contributed by atoms with van der Waals surface area (Å²) in [5, 5.41) is 0. The van der Waals surface area contributed by atoms with Crippen LogP contribution >= 0.6 is 0 Å². The van der Waals surface area contributed by atoms with E-state index in [4.69, 9.17) is 15.2 Å². The van der Waals surface area contributed by atoms with Crippen molar-refractivity contribution in [3.8, 4) is 5.75 Å². The van der Waals surface area contributed by atoms with E-state index in [0.29, 0.717) is 12.5 Å². The van der Waals surface area contributed by atoms with Gasteiger partial charge < -0.3 is 15.2 Å². The van der Waals surface area contributed by atoms with Crippen LogP contribution in [0.3, 0.4) is 0 Å². The van der Waals surface area contributed by atoms with Gasteiger partial charge in [-0.1, -0.05) is 18.2 Å². The summed E-state index contributed by atoms with van der Waals surface area (Å²) in [7, 11) is 0. The predicted molar refractivity (Wildman–Crippen MR) is 63.6 cm³/mol. The van der Waals surface area contributed by atoms with Gasteiger partial charge in [0.15, 0.2) is 0 Å². The number of para-hydroxylation sites is 1. The van der Waals surface area contributed by atoms with Crippen LogP contribution in [0.5, 0.6) is 5.75 Å². The Morgan fingerprint density at radius 3 is 3.00 bits per heavy atom. The lowest BCUT2D eigenvalue weighted by atomic mass is 10.1. The molecule has 2 N–H and O–H groups in total. The van der Waals surface area contributed by atoms with Crippen LogP contribution in [0.2, 0.25) is 0 Å². The maximum atomic E-state index is 5.84. The second kappa shape index (κ2) is 5.87. The van der Waals surface area contributed by atoms with Crippen molar-refractivity contribution in [1.29, 1.82) is 0 Å². The molecule has 0 aliphatic carbocycles. The molecule has 0 bridgehead atoms. The first kappa shape index (κ1) is 11.4. The van der Waals surface area contributed by atoms with Gasteiger partial charge in [-0.05, 0) is 31.0 Å². The summed E-state index contributed by atoms with van der Waals surface area (Å²) >= 11 is 0. The van der Waals surface area contributed by atoms with Crippen LogP contribution in [0.25, 0.3) is 0 Å². The second-order valence-electron chi connectivity index (χ2n) is 4.19. The van der Waals surface area contributed by atoms with E-state index in [9.17, 15) is 0 Å². The first-order valence-corrected chi connectivity index (χ1v) is 5.88. The van der Waals surface area contributed by atoms with Crippen LogP contribution in [0.1, 0.15) is 12.0 Å². The minimum atomic E-state index is 0.547. The Kier molecular flexibility index (Phi) is 4.19. The first-order valence-electron chi connectivity index (χ1n) is 5.88. The zero-order valence-electron chi connectivity index (χ0n) is 9.52. The van der Waals surface area contributed by atoms with Crippen LogP contribution in [0.15, 0.2) is 24.3 Å². The molecule has 0 amide bonds. The highest BCUT2D eigenvalue weighted by Gasteiger charge is 2.16. The Morgan fingerprint density at radius 1 is 1.38 bits per heavy atom. The lowest BCUT2D eigenvalue weighted by Crippen LogP contribution is -2.13. The third kappa shape index (κ3) is 2.97. The van der Waals surface area contributed by atoms with Crippen LogP contribution in [-0.4, -0.2) is 26.4 Å². The van der Waals surface area contributed by atoms with Crippen LogP contribution in [0, 0.1) is 5.92 Å². The van der Waals surface area contributed by atoms with Crippen molar-refractivity contribution in [1.82, 2.24) is 0 Å². The molecule has 0 saturated carbocycles. The largest absolute Gasteiger partial charge is 0.493 e. The summed E-state index contributed by atoms with van der Waals surface area (Å²) in [5.74, 6) is 1.52. The van der Waals surface area contributed by atoms with Gasteiger partial charge in [0.25, 0.3) is 0 Å². The molecule has 1 heterocycles. The highest BCUT2D eigenvalue weighted by molar-refractivity contribution is 5.33. The minimum Gasteiger partial charge on any atom is -0.493 e. The monoisotopic (exact) mass is 221 g/mol. The number of nitrogens with two attached hydrogens (primary N) is 1. The van der Waals surface area contributed by atoms with Gasteiger partial charge in [0, 0.05) is 12.5 Å². The SMILES string of the molecule is NCCc1ccccc1OCC1CCOC1. The minimum absolute atomic E-state index is 0.547. The van der Waals surface area contributed by atoms with Gasteiger partial charge in [0.1, 0.15) is 5.75 Å². The fourth-order valence-corrected chi connectivity index (χ4v) is 1.93. The number of ether oxygens (including phenoxy) is 2. The van der Waals surface area contributed by atoms with E-state index < -0.39 is 0 Å². The second-order valence-corrected chi connectivity index (χ2v) is 4.19. The standard InChI is InChI=1S/C13H19NO2/c14-7-5-12-3-1-2-4-13(12)16-10-11-6-8-15-9-11/h1-4,11H,5-10,14H2. The summed E-state index contributed by atoms with van der Waals surface area (Å²) < 4.78 is 11.2. The third-order valence-electron chi connectivity index (χ3n) is 2.88. The molecular formula is C13H19NO2. The molecule has 0 aromatic heterocycles. The van der Waals surface area contributed by atoms with Crippen molar-refractivity contribution in [3.63, 3.8) is 0 Å². The molecule has 3 heteroatoms. The van der Waals surface area contributed by atoms with E-state index in [-0.39, 0.29) is 0 Å². The van der Waals surface area contributed by atoms with Crippen LogP contribution in [-0.2, 0) is 11.2 Å². The summed E-state index contributed by atoms with van der Waals surface area (Å²) in [5.41, 5.74) is 6.77. The molecule has 1 fully saturated rings. The fraction of sp³-hybridized carbons (Fsp3) is 0.538. The van der Waals surface area contributed by atoms with Gasteiger partial charge in [-0.15, -0.1) is 0 Å². The van der Waals surface area contributed by atoms with E-state index >= 15 is 0 Å². The number of hydrogen-bond acceptors (Lipinski definition) is 3. The zero-order chi connectivity index (χ0) is 11.2. The smallest absolute Gasteiger partial charge is 0.122 e. The van der Waals surface area contributed by atoms with Crippen LogP contribution < -0.4 is 10.5 Å². The van der Waals surface area contributed by atoms with Gasteiger partial charge in [0.2, 0.25) is 0 Å². The molecule has 1 aromatic rings. The van der Waals surface area contributed by atoms with Gasteiger partial charge in [-0.25, -0.2) is 0 Å². The molecule has 0 radical (unpaired) electrons. The molecule has 2 rings (SSSR count). The van der Waals surface area contributed by atoms with Crippen molar-refractivity contribution in [2.75, 3.05) is 26.4 Å². The average molecular weight is 221 g/mol. The lowest BCUT2D eigenvalue weighted by Gasteiger charge is -2.13. The molecule has 88 valence electrons. The third-order valence-corrected chi connectivity index (χ3v) is 2.88. The van der Waals surface area contributed by atoms with E-state index in [1.807, 2.05) is 18.2 Å². The average Bonchev–Trinajstić information content (AvgIpc) is 2.81. The van der Waals surface area contributed by atoms with E-state index in [1.54, 1.807) is 0 Å².